The Bertz CT molecular complexity index is 296. The second-order valence-electron chi connectivity index (χ2n) is 4.00. The molecule has 0 aliphatic heterocycles. The highest BCUT2D eigenvalue weighted by atomic mass is 79.9. The minimum Gasteiger partial charge on any atom is -0.360 e. The van der Waals surface area contributed by atoms with Crippen molar-refractivity contribution >= 4 is 32.3 Å². The maximum Gasteiger partial charge on any atom is 0.0922 e. The van der Waals surface area contributed by atoms with Crippen molar-refractivity contribution in [2.45, 2.75) is 19.4 Å². The number of rotatable bonds is 4. The van der Waals surface area contributed by atoms with Crippen molar-refractivity contribution < 1.29 is 0 Å². The van der Waals surface area contributed by atoms with E-state index in [1.807, 2.05) is 7.05 Å². The summed E-state index contributed by atoms with van der Waals surface area (Å²) in [4.78, 5) is 2.30. The van der Waals surface area contributed by atoms with E-state index in [-0.39, 0.29) is 5.54 Å². The Balaban J connectivity index is 2.78. The normalized spacial score (nSPS) is 11.8. The Morgan fingerprint density at radius 3 is 2.64 bits per heavy atom. The van der Waals surface area contributed by atoms with Gasteiger partial charge in [-0.25, -0.2) is 0 Å². The lowest BCUT2D eigenvalue weighted by Crippen LogP contribution is -2.47. The maximum atomic E-state index is 3.47. The van der Waals surface area contributed by atoms with E-state index in [1.54, 1.807) is 11.3 Å². The van der Waals surface area contributed by atoms with Crippen LogP contribution in [0.5, 0.6) is 0 Å². The molecular formula is C10H17BrN2S. The molecule has 0 aliphatic carbocycles. The van der Waals surface area contributed by atoms with Gasteiger partial charge in [0.2, 0.25) is 0 Å². The topological polar surface area (TPSA) is 15.3 Å². The van der Waals surface area contributed by atoms with Crippen molar-refractivity contribution in [3.05, 3.63) is 15.9 Å². The van der Waals surface area contributed by atoms with Crippen LogP contribution in [0.15, 0.2) is 15.9 Å². The molecular weight excluding hydrogens is 260 g/mol. The summed E-state index contributed by atoms with van der Waals surface area (Å²) < 4.78 is 1.16. The third-order valence-corrected chi connectivity index (χ3v) is 4.17. The third-order valence-electron chi connectivity index (χ3n) is 2.40. The average Bonchev–Trinajstić information content (AvgIpc) is 2.50. The van der Waals surface area contributed by atoms with Crippen LogP contribution in [-0.2, 0) is 0 Å². The summed E-state index contributed by atoms with van der Waals surface area (Å²) in [5.74, 6) is 0. The van der Waals surface area contributed by atoms with Crippen LogP contribution in [0.3, 0.4) is 0 Å². The fourth-order valence-electron chi connectivity index (χ4n) is 1.33. The first-order valence-corrected chi connectivity index (χ1v) is 6.27. The van der Waals surface area contributed by atoms with Crippen molar-refractivity contribution in [1.82, 2.24) is 5.32 Å². The number of thiophene rings is 1. The van der Waals surface area contributed by atoms with Gasteiger partial charge in [-0.15, -0.1) is 11.3 Å². The largest absolute Gasteiger partial charge is 0.360 e. The Hall–Kier alpha value is -0.0600. The van der Waals surface area contributed by atoms with Gasteiger partial charge in [-0.05, 0) is 42.9 Å². The quantitative estimate of drug-likeness (QED) is 0.910. The molecule has 1 aromatic heterocycles. The first kappa shape index (κ1) is 12.0. The van der Waals surface area contributed by atoms with Gasteiger partial charge in [-0.3, -0.25) is 0 Å². The zero-order chi connectivity index (χ0) is 10.8. The van der Waals surface area contributed by atoms with E-state index in [2.05, 4.69) is 58.5 Å². The number of hydrogen-bond acceptors (Lipinski definition) is 3. The van der Waals surface area contributed by atoms with Crippen LogP contribution in [0.1, 0.15) is 13.8 Å². The van der Waals surface area contributed by atoms with Crippen LogP contribution in [0, 0.1) is 0 Å². The van der Waals surface area contributed by atoms with Gasteiger partial charge in [0.15, 0.2) is 0 Å². The van der Waals surface area contributed by atoms with Crippen molar-refractivity contribution in [3.63, 3.8) is 0 Å². The lowest BCUT2D eigenvalue weighted by atomic mass is 10.0. The second-order valence-corrected chi connectivity index (χ2v) is 5.81. The van der Waals surface area contributed by atoms with E-state index in [9.17, 15) is 0 Å². The molecule has 0 radical (unpaired) electrons. The zero-order valence-corrected chi connectivity index (χ0v) is 11.5. The molecule has 0 aliphatic rings. The SMILES string of the molecule is CNCC(C)(C)N(C)c1cc(Br)cs1. The molecule has 1 N–H and O–H groups in total. The summed E-state index contributed by atoms with van der Waals surface area (Å²) in [6.07, 6.45) is 0. The van der Waals surface area contributed by atoms with Gasteiger partial charge in [0, 0.05) is 29.0 Å². The monoisotopic (exact) mass is 276 g/mol. The highest BCUT2D eigenvalue weighted by molar-refractivity contribution is 9.10. The van der Waals surface area contributed by atoms with Gasteiger partial charge in [0.05, 0.1) is 5.00 Å². The molecule has 0 atom stereocenters. The molecule has 1 aromatic rings. The summed E-state index contributed by atoms with van der Waals surface area (Å²) in [7, 11) is 4.12. The number of halogens is 1. The van der Waals surface area contributed by atoms with Gasteiger partial charge < -0.3 is 10.2 Å². The van der Waals surface area contributed by atoms with E-state index >= 15 is 0 Å². The van der Waals surface area contributed by atoms with E-state index in [4.69, 9.17) is 0 Å². The van der Waals surface area contributed by atoms with Gasteiger partial charge in [0.1, 0.15) is 0 Å². The molecule has 0 fully saturated rings. The van der Waals surface area contributed by atoms with Crippen molar-refractivity contribution in [2.75, 3.05) is 25.5 Å². The molecule has 2 nitrogen and oxygen atoms in total. The summed E-state index contributed by atoms with van der Waals surface area (Å²) in [6, 6.07) is 2.15. The van der Waals surface area contributed by atoms with Crippen LogP contribution in [0.25, 0.3) is 0 Å². The Morgan fingerprint density at radius 2 is 2.21 bits per heavy atom. The maximum absolute atomic E-state index is 3.47. The Labute approximate surface area is 98.4 Å². The number of hydrogen-bond donors (Lipinski definition) is 1. The molecule has 0 unspecified atom stereocenters. The summed E-state index contributed by atoms with van der Waals surface area (Å²) >= 11 is 5.24. The van der Waals surface area contributed by atoms with E-state index in [0.717, 1.165) is 11.0 Å². The van der Waals surface area contributed by atoms with E-state index in [0.29, 0.717) is 0 Å². The van der Waals surface area contributed by atoms with Crippen molar-refractivity contribution in [3.8, 4) is 0 Å². The summed E-state index contributed by atoms with van der Waals surface area (Å²) in [6.45, 7) is 5.44. The summed E-state index contributed by atoms with van der Waals surface area (Å²) in [5, 5.41) is 6.62. The van der Waals surface area contributed by atoms with Crippen LogP contribution < -0.4 is 10.2 Å². The number of nitrogens with one attached hydrogen (secondary N) is 1. The number of anilines is 1. The molecule has 0 bridgehead atoms. The molecule has 0 amide bonds. The summed E-state index contributed by atoms with van der Waals surface area (Å²) in [5.41, 5.74) is 0.138. The fraction of sp³-hybridized carbons (Fsp3) is 0.600. The first-order chi connectivity index (χ1) is 6.47. The molecule has 0 saturated heterocycles. The predicted octanol–water partition coefficient (Wildman–Crippen LogP) is 2.94. The number of likely N-dealkylation sites (N-methyl/N-ethyl adjacent to an activating group) is 2. The highest BCUT2D eigenvalue weighted by Crippen LogP contribution is 2.31. The molecule has 1 heterocycles. The fourth-order valence-corrected chi connectivity index (χ4v) is 2.88. The zero-order valence-electron chi connectivity index (χ0n) is 9.10. The van der Waals surface area contributed by atoms with E-state index in [1.165, 1.54) is 5.00 Å². The molecule has 0 saturated carbocycles. The van der Waals surface area contributed by atoms with Crippen LogP contribution in [-0.4, -0.2) is 26.2 Å². The molecule has 4 heteroatoms. The minimum atomic E-state index is 0.138. The van der Waals surface area contributed by atoms with Gasteiger partial charge in [-0.2, -0.15) is 0 Å². The van der Waals surface area contributed by atoms with Crippen LogP contribution in [0.4, 0.5) is 5.00 Å². The third kappa shape index (κ3) is 2.72. The molecule has 0 spiro atoms. The molecule has 1 rings (SSSR count). The standard InChI is InChI=1S/C10H17BrN2S/c1-10(2,7-12-3)13(4)9-5-8(11)6-14-9/h5-6,12H,7H2,1-4H3. The van der Waals surface area contributed by atoms with E-state index < -0.39 is 0 Å². The number of nitrogens with zero attached hydrogens (tertiary/aromatic N) is 1. The minimum absolute atomic E-state index is 0.138. The second kappa shape index (κ2) is 4.64. The lowest BCUT2D eigenvalue weighted by molar-refractivity contribution is 0.465. The van der Waals surface area contributed by atoms with Crippen LogP contribution >= 0.6 is 27.3 Å². The van der Waals surface area contributed by atoms with Crippen molar-refractivity contribution in [1.29, 1.82) is 0 Å². The van der Waals surface area contributed by atoms with Gasteiger partial charge in [0.25, 0.3) is 0 Å². The van der Waals surface area contributed by atoms with Crippen LogP contribution in [0.2, 0.25) is 0 Å². The van der Waals surface area contributed by atoms with Gasteiger partial charge >= 0.3 is 0 Å². The highest BCUT2D eigenvalue weighted by Gasteiger charge is 2.23. The molecule has 80 valence electrons. The average molecular weight is 277 g/mol. The first-order valence-electron chi connectivity index (χ1n) is 4.60. The molecule has 0 aromatic carbocycles. The smallest absolute Gasteiger partial charge is 0.0922 e. The Morgan fingerprint density at radius 1 is 1.57 bits per heavy atom. The predicted molar refractivity (Wildman–Crippen MR) is 68.4 cm³/mol. The lowest BCUT2D eigenvalue weighted by Gasteiger charge is -2.36. The van der Waals surface area contributed by atoms with Crippen molar-refractivity contribution in [2.24, 2.45) is 0 Å². The Kier molecular flexibility index (Phi) is 3.98. The van der Waals surface area contributed by atoms with Gasteiger partial charge in [-0.1, -0.05) is 0 Å². The molecule has 14 heavy (non-hydrogen) atoms.